The molecule has 0 unspecified atom stereocenters. The molecular weight excluding hydrogens is 350 g/mol. The first-order valence-electron chi connectivity index (χ1n) is 10.9. The number of hydrogen-bond donors (Lipinski definition) is 1. The van der Waals surface area contributed by atoms with Crippen LogP contribution in [0.5, 0.6) is 0 Å². The summed E-state index contributed by atoms with van der Waals surface area (Å²) in [4.78, 5) is 29.1. The molecule has 0 aromatic heterocycles. The zero-order valence-electron chi connectivity index (χ0n) is 17.2. The second-order valence-corrected chi connectivity index (χ2v) is 8.40. The number of likely N-dealkylation sites (tertiary alicyclic amines) is 1. The van der Waals surface area contributed by atoms with Crippen molar-refractivity contribution in [3.63, 3.8) is 0 Å². The summed E-state index contributed by atoms with van der Waals surface area (Å²) in [6.07, 6.45) is 9.29. The number of amides is 2. The molecule has 1 saturated heterocycles. The van der Waals surface area contributed by atoms with Crippen LogP contribution in [0.1, 0.15) is 56.9 Å². The highest BCUT2D eigenvalue weighted by Gasteiger charge is 2.26. The lowest BCUT2D eigenvalue weighted by Gasteiger charge is -2.35. The molecule has 28 heavy (non-hydrogen) atoms. The molecule has 3 rings (SSSR count). The van der Waals surface area contributed by atoms with Gasteiger partial charge in [-0.15, -0.1) is 0 Å². The molecule has 2 amide bonds. The molecule has 2 aliphatic rings. The summed E-state index contributed by atoms with van der Waals surface area (Å²) in [5, 5.41) is 3.18. The summed E-state index contributed by atoms with van der Waals surface area (Å²) in [5.74, 6) is 0.382. The van der Waals surface area contributed by atoms with Crippen molar-refractivity contribution in [1.82, 2.24) is 15.1 Å². The average Bonchev–Trinajstić information content (AvgIpc) is 2.74. The van der Waals surface area contributed by atoms with Crippen molar-refractivity contribution in [3.05, 3.63) is 35.9 Å². The van der Waals surface area contributed by atoms with E-state index in [9.17, 15) is 9.59 Å². The third-order valence-electron chi connectivity index (χ3n) is 6.31. The van der Waals surface area contributed by atoms with E-state index in [2.05, 4.69) is 22.3 Å². The van der Waals surface area contributed by atoms with Gasteiger partial charge in [-0.2, -0.15) is 0 Å². The Hall–Kier alpha value is -1.88. The third-order valence-corrected chi connectivity index (χ3v) is 6.31. The lowest BCUT2D eigenvalue weighted by Crippen LogP contribution is -2.49. The smallest absolute Gasteiger partial charge is 0.236 e. The average molecular weight is 386 g/mol. The molecule has 1 aliphatic heterocycles. The Labute approximate surface area is 169 Å². The predicted octanol–water partition coefficient (Wildman–Crippen LogP) is 2.99. The van der Waals surface area contributed by atoms with Crippen LogP contribution < -0.4 is 5.32 Å². The highest BCUT2D eigenvalue weighted by atomic mass is 16.2. The maximum atomic E-state index is 12.6. The number of benzene rings is 1. The number of carbonyl (C=O) groups is 2. The van der Waals surface area contributed by atoms with E-state index >= 15 is 0 Å². The standard InChI is InChI=1S/C23H35N3O2/c1-25(21-10-6-3-7-11-21)23(28)18-26-16-14-20(15-17-26)24-22(27)13-12-19-8-4-2-5-9-19/h2,4-5,8-9,20-21H,3,6-7,10-18H2,1H3,(H,24,27). The lowest BCUT2D eigenvalue weighted by molar-refractivity contribution is -0.134. The molecule has 1 aliphatic carbocycles. The molecule has 0 radical (unpaired) electrons. The largest absolute Gasteiger partial charge is 0.353 e. The Morgan fingerprint density at radius 3 is 2.39 bits per heavy atom. The van der Waals surface area contributed by atoms with E-state index in [-0.39, 0.29) is 17.9 Å². The Balaban J connectivity index is 1.33. The Kier molecular flexibility index (Phi) is 7.90. The van der Waals surface area contributed by atoms with Gasteiger partial charge in [-0.05, 0) is 37.7 Å². The minimum atomic E-state index is 0.135. The predicted molar refractivity (Wildman–Crippen MR) is 112 cm³/mol. The number of nitrogens with zero attached hydrogens (tertiary/aromatic N) is 2. The monoisotopic (exact) mass is 385 g/mol. The van der Waals surface area contributed by atoms with Crippen LogP contribution in [0.25, 0.3) is 0 Å². The normalized spacial score (nSPS) is 19.3. The third kappa shape index (κ3) is 6.33. The topological polar surface area (TPSA) is 52.7 Å². The van der Waals surface area contributed by atoms with Gasteiger partial charge in [0.05, 0.1) is 6.54 Å². The summed E-state index contributed by atoms with van der Waals surface area (Å²) < 4.78 is 0. The number of piperidine rings is 1. The van der Waals surface area contributed by atoms with Crippen LogP contribution in [0.2, 0.25) is 0 Å². The maximum absolute atomic E-state index is 12.6. The molecule has 5 nitrogen and oxygen atoms in total. The van der Waals surface area contributed by atoms with Gasteiger partial charge in [0.2, 0.25) is 11.8 Å². The van der Waals surface area contributed by atoms with Crippen LogP contribution in [-0.4, -0.2) is 60.4 Å². The fourth-order valence-corrected chi connectivity index (χ4v) is 4.41. The van der Waals surface area contributed by atoms with Gasteiger partial charge >= 0.3 is 0 Å². The number of aryl methyl sites for hydroxylation is 1. The first kappa shape index (κ1) is 20.8. The van der Waals surface area contributed by atoms with Gasteiger partial charge in [0.15, 0.2) is 0 Å². The van der Waals surface area contributed by atoms with Crippen molar-refractivity contribution in [2.75, 3.05) is 26.7 Å². The summed E-state index contributed by atoms with van der Waals surface area (Å²) in [6, 6.07) is 10.8. The molecular formula is C23H35N3O2. The van der Waals surface area contributed by atoms with E-state index in [0.717, 1.165) is 45.2 Å². The van der Waals surface area contributed by atoms with Crippen molar-refractivity contribution in [3.8, 4) is 0 Å². The lowest BCUT2D eigenvalue weighted by atomic mass is 9.94. The van der Waals surface area contributed by atoms with Gasteiger partial charge in [0.1, 0.15) is 0 Å². The van der Waals surface area contributed by atoms with E-state index in [0.29, 0.717) is 19.0 Å². The fourth-order valence-electron chi connectivity index (χ4n) is 4.41. The van der Waals surface area contributed by atoms with Gasteiger partial charge < -0.3 is 10.2 Å². The summed E-state index contributed by atoms with van der Waals surface area (Å²) in [5.41, 5.74) is 1.20. The zero-order chi connectivity index (χ0) is 19.8. The van der Waals surface area contributed by atoms with E-state index in [1.165, 1.54) is 24.8 Å². The molecule has 1 N–H and O–H groups in total. The van der Waals surface area contributed by atoms with E-state index in [1.54, 1.807) is 0 Å². The van der Waals surface area contributed by atoms with Gasteiger partial charge in [-0.3, -0.25) is 14.5 Å². The van der Waals surface area contributed by atoms with Crippen LogP contribution in [-0.2, 0) is 16.0 Å². The number of rotatable bonds is 7. The molecule has 1 aromatic carbocycles. The van der Waals surface area contributed by atoms with Gasteiger partial charge in [0, 0.05) is 38.6 Å². The van der Waals surface area contributed by atoms with Gasteiger partial charge in [-0.1, -0.05) is 49.6 Å². The van der Waals surface area contributed by atoms with Crippen molar-refractivity contribution in [2.45, 2.75) is 69.9 Å². The minimum absolute atomic E-state index is 0.135. The van der Waals surface area contributed by atoms with Crippen molar-refractivity contribution in [1.29, 1.82) is 0 Å². The molecule has 1 aromatic rings. The molecule has 1 saturated carbocycles. The fraction of sp³-hybridized carbons (Fsp3) is 0.652. The number of likely N-dealkylation sites (N-methyl/N-ethyl adjacent to an activating group) is 1. The van der Waals surface area contributed by atoms with Crippen molar-refractivity contribution in [2.24, 2.45) is 0 Å². The van der Waals surface area contributed by atoms with E-state index in [1.807, 2.05) is 30.1 Å². The molecule has 154 valence electrons. The van der Waals surface area contributed by atoms with Gasteiger partial charge in [-0.25, -0.2) is 0 Å². The second kappa shape index (κ2) is 10.6. The summed E-state index contributed by atoms with van der Waals surface area (Å²) in [7, 11) is 1.97. The van der Waals surface area contributed by atoms with Crippen LogP contribution in [0, 0.1) is 0 Å². The van der Waals surface area contributed by atoms with Crippen molar-refractivity contribution < 1.29 is 9.59 Å². The van der Waals surface area contributed by atoms with Crippen LogP contribution in [0.15, 0.2) is 30.3 Å². The zero-order valence-corrected chi connectivity index (χ0v) is 17.2. The summed E-state index contributed by atoms with van der Waals surface area (Å²) in [6.45, 7) is 2.28. The van der Waals surface area contributed by atoms with Crippen LogP contribution in [0.3, 0.4) is 0 Å². The van der Waals surface area contributed by atoms with Crippen molar-refractivity contribution >= 4 is 11.8 Å². The van der Waals surface area contributed by atoms with Crippen LogP contribution >= 0.6 is 0 Å². The Morgan fingerprint density at radius 2 is 1.71 bits per heavy atom. The SMILES string of the molecule is CN(C(=O)CN1CCC(NC(=O)CCc2ccccc2)CC1)C1CCCCC1. The number of hydrogen-bond acceptors (Lipinski definition) is 3. The molecule has 2 fully saturated rings. The quantitative estimate of drug-likeness (QED) is 0.785. The molecule has 0 bridgehead atoms. The first-order valence-corrected chi connectivity index (χ1v) is 10.9. The number of nitrogens with one attached hydrogen (secondary N) is 1. The van der Waals surface area contributed by atoms with Gasteiger partial charge in [0.25, 0.3) is 0 Å². The molecule has 0 spiro atoms. The summed E-state index contributed by atoms with van der Waals surface area (Å²) >= 11 is 0. The minimum Gasteiger partial charge on any atom is -0.353 e. The highest BCUT2D eigenvalue weighted by molar-refractivity contribution is 5.78. The highest BCUT2D eigenvalue weighted by Crippen LogP contribution is 2.22. The first-order chi connectivity index (χ1) is 13.6. The Morgan fingerprint density at radius 1 is 1.04 bits per heavy atom. The van der Waals surface area contributed by atoms with E-state index < -0.39 is 0 Å². The Bertz CT molecular complexity index is 620. The number of carbonyl (C=O) groups excluding carboxylic acids is 2. The molecule has 5 heteroatoms. The molecule has 0 atom stereocenters. The van der Waals surface area contributed by atoms with Crippen LogP contribution in [0.4, 0.5) is 0 Å². The van der Waals surface area contributed by atoms with E-state index in [4.69, 9.17) is 0 Å². The maximum Gasteiger partial charge on any atom is 0.236 e. The molecule has 1 heterocycles. The second-order valence-electron chi connectivity index (χ2n) is 8.40.